The van der Waals surface area contributed by atoms with Crippen LogP contribution in [0.3, 0.4) is 0 Å². The first-order valence-corrected chi connectivity index (χ1v) is 19.6. The molecule has 0 saturated heterocycles. The van der Waals surface area contributed by atoms with Gasteiger partial charge in [-0.25, -0.2) is 0 Å². The first-order chi connectivity index (χ1) is 24.5. The Kier molecular flexibility index (Phi) is 9.27. The number of para-hydroxylation sites is 2. The fourth-order valence-electron chi connectivity index (χ4n) is 7.32. The molecule has 1 atom stereocenters. The van der Waals surface area contributed by atoms with Crippen molar-refractivity contribution < 1.29 is 24.1 Å². The average Bonchev–Trinajstić information content (AvgIpc) is 3.35. The van der Waals surface area contributed by atoms with Crippen LogP contribution in [0, 0.1) is 3.80 Å². The molecule has 0 bridgehead atoms. The summed E-state index contributed by atoms with van der Waals surface area (Å²) in [5.74, 6) is 2.84. The van der Waals surface area contributed by atoms with Crippen LogP contribution in [0.5, 0.6) is 11.5 Å². The topological polar surface area (TPSA) is 35.2 Å². The fraction of sp³-hybridized carbons (Fsp3) is 0.348. The van der Waals surface area contributed by atoms with Crippen LogP contribution < -0.4 is 9.64 Å². The number of hydrogen-bond acceptors (Lipinski definition) is 3. The van der Waals surface area contributed by atoms with Crippen molar-refractivity contribution in [3.63, 3.8) is 0 Å². The standard InChI is InChI=1S/C46H52N4O.Pt/c1-44(2,3)32-20-22-47-43(27-32)49-23-21-38(31-24-33(45(4,5)6)26-34(25-31)46(7,8)9)39-19-18-37(29-42(39)49)51-36-15-13-14-35(28-36)50-30-48(10)40-16-11-12-17-41(40)50;/h11-20,22,24-29,38H,21,23H2,1-10H3;. The van der Waals surface area contributed by atoms with Crippen LogP contribution >= 0.6 is 0 Å². The number of anilines is 2. The molecule has 0 amide bonds. The van der Waals surface area contributed by atoms with Crippen molar-refractivity contribution in [1.29, 1.82) is 0 Å². The van der Waals surface area contributed by atoms with Gasteiger partial charge in [0.25, 0.3) is 0 Å². The Morgan fingerprint density at radius 1 is 0.673 bits per heavy atom. The van der Waals surface area contributed by atoms with E-state index in [0.29, 0.717) is 0 Å². The number of rotatable bonds is 5. The molecule has 0 N–H and O–H groups in total. The summed E-state index contributed by atoms with van der Waals surface area (Å²) < 4.78 is 12.4. The molecule has 0 spiro atoms. The second-order valence-corrected chi connectivity index (χ2v) is 18.5. The maximum absolute atomic E-state index is 6.73. The molecule has 1 aliphatic heterocycles. The van der Waals surface area contributed by atoms with Gasteiger partial charge in [0.15, 0.2) is 0 Å². The van der Waals surface area contributed by atoms with Gasteiger partial charge in [0, 0.05) is 6.20 Å². The molecule has 6 aromatic rings. The number of imidazole rings is 1. The molecule has 52 heavy (non-hydrogen) atoms. The second kappa shape index (κ2) is 13.3. The van der Waals surface area contributed by atoms with Gasteiger partial charge in [0.2, 0.25) is 0 Å². The van der Waals surface area contributed by atoms with Crippen molar-refractivity contribution >= 4 is 22.5 Å². The molecule has 5 nitrogen and oxygen atoms in total. The quantitative estimate of drug-likeness (QED) is 0.173. The molecule has 272 valence electrons. The van der Waals surface area contributed by atoms with Crippen LogP contribution in [-0.2, 0) is 42.6 Å². The van der Waals surface area contributed by atoms with E-state index >= 15 is 0 Å². The molecule has 0 aliphatic carbocycles. The molecule has 2 aromatic heterocycles. The summed E-state index contributed by atoms with van der Waals surface area (Å²) in [5, 5.41) is 0. The zero-order valence-electron chi connectivity index (χ0n) is 32.3. The van der Waals surface area contributed by atoms with E-state index in [9.17, 15) is 0 Å². The van der Waals surface area contributed by atoms with Crippen molar-refractivity contribution in [3.05, 3.63) is 135 Å². The van der Waals surface area contributed by atoms with E-state index < -0.39 is 0 Å². The Bertz CT molecular complexity index is 2310. The molecule has 0 saturated carbocycles. The average molecular weight is 872 g/mol. The Morgan fingerprint density at radius 2 is 1.33 bits per heavy atom. The minimum absolute atomic E-state index is 0.0194. The predicted molar refractivity (Wildman–Crippen MR) is 212 cm³/mol. The van der Waals surface area contributed by atoms with E-state index in [1.807, 2.05) is 12.3 Å². The van der Waals surface area contributed by atoms with Crippen molar-refractivity contribution in [3.8, 4) is 17.2 Å². The van der Waals surface area contributed by atoms with Crippen molar-refractivity contribution in [2.24, 2.45) is 7.05 Å². The summed E-state index contributed by atoms with van der Waals surface area (Å²) in [6.07, 6.45) is 2.96. The Morgan fingerprint density at radius 3 is 2.00 bits per heavy atom. The van der Waals surface area contributed by atoms with Gasteiger partial charge in [-0.05, 0) is 39.0 Å². The fourth-order valence-corrected chi connectivity index (χ4v) is 8.16. The van der Waals surface area contributed by atoms with E-state index in [4.69, 9.17) is 9.72 Å². The normalized spacial score (nSPS) is 15.2. The number of nitrogens with zero attached hydrogens (tertiary/aromatic N) is 4. The van der Waals surface area contributed by atoms with Crippen LogP contribution in [0.1, 0.15) is 102 Å². The van der Waals surface area contributed by atoms with E-state index in [-0.39, 0.29) is 22.2 Å². The van der Waals surface area contributed by atoms with Gasteiger partial charge in [-0.15, -0.1) is 0 Å². The molecule has 1 unspecified atom stereocenters. The molecule has 4 aromatic carbocycles. The zero-order valence-corrected chi connectivity index (χ0v) is 34.6. The third-order valence-electron chi connectivity index (χ3n) is 10.5. The van der Waals surface area contributed by atoms with E-state index in [1.165, 1.54) is 33.3 Å². The monoisotopic (exact) mass is 871 g/mol. The molecule has 1 aliphatic rings. The Labute approximate surface area is 320 Å². The number of aryl methyl sites for hydroxylation is 1. The van der Waals surface area contributed by atoms with Gasteiger partial charge in [0.1, 0.15) is 0 Å². The number of benzene rings is 4. The van der Waals surface area contributed by atoms with Crippen LogP contribution in [0.15, 0.2) is 103 Å². The van der Waals surface area contributed by atoms with Gasteiger partial charge in [-0.3, -0.25) is 0 Å². The minimum atomic E-state index is 0.0194. The Balaban J connectivity index is 1.33. The molecular weight excluding hydrogens is 820 g/mol. The van der Waals surface area contributed by atoms with Gasteiger partial charge in [0.05, 0.1) is 0 Å². The van der Waals surface area contributed by atoms with E-state index in [1.54, 1.807) is 0 Å². The zero-order chi connectivity index (χ0) is 37.2. The summed E-state index contributed by atoms with van der Waals surface area (Å²) in [7, 11) is 2.11. The second-order valence-electron chi connectivity index (χ2n) is 17.4. The molecule has 6 heteroatoms. The number of ether oxygens (including phenoxy) is 1. The molecular formula is C46H52N4OPt. The maximum atomic E-state index is 6.73. The summed E-state index contributed by atoms with van der Waals surface area (Å²) in [4.78, 5) is 7.34. The first kappa shape index (κ1) is 36.2. The van der Waals surface area contributed by atoms with Crippen LogP contribution in [-0.4, -0.2) is 20.7 Å². The first-order valence-electron chi connectivity index (χ1n) is 18.4. The predicted octanol–water partition coefficient (Wildman–Crippen LogP) is 11.8. The molecule has 0 radical (unpaired) electrons. The number of hydrogen-bond donors (Lipinski definition) is 0. The van der Waals surface area contributed by atoms with Gasteiger partial charge in [-0.2, -0.15) is 0 Å². The van der Waals surface area contributed by atoms with Gasteiger partial charge in [-0.1, -0.05) is 80.5 Å². The number of aromatic nitrogens is 3. The Hall–Kier alpha value is -4.21. The molecule has 0 fully saturated rings. The van der Waals surface area contributed by atoms with Crippen molar-refractivity contribution in [2.45, 2.75) is 90.9 Å². The van der Waals surface area contributed by atoms with E-state index in [0.717, 1.165) is 51.0 Å². The summed E-state index contributed by atoms with van der Waals surface area (Å²) in [5.41, 5.74) is 11.4. The van der Waals surface area contributed by atoms with E-state index in [2.05, 4.69) is 194 Å². The SMILES string of the molecule is Cn1[c](=[Pt])n(-c2cccc(Oc3ccc4c(c3)N(c3cc(C(C)(C)C)ccn3)CCC4c3cc(C(C)(C)C)cc(C(C)(C)C)c3)c2)c2ccccc21. The number of fused-ring (bicyclic) bond motifs is 2. The third-order valence-corrected chi connectivity index (χ3v) is 11.8. The van der Waals surface area contributed by atoms with Gasteiger partial charge < -0.3 is 0 Å². The summed E-state index contributed by atoms with van der Waals surface area (Å²) in [6.45, 7) is 21.6. The van der Waals surface area contributed by atoms with Crippen LogP contribution in [0.2, 0.25) is 0 Å². The molecule has 3 heterocycles. The van der Waals surface area contributed by atoms with Crippen molar-refractivity contribution in [2.75, 3.05) is 11.4 Å². The summed E-state index contributed by atoms with van der Waals surface area (Å²) in [6, 6.07) is 35.3. The van der Waals surface area contributed by atoms with Gasteiger partial charge >= 0.3 is 196 Å². The van der Waals surface area contributed by atoms with Crippen LogP contribution in [0.4, 0.5) is 11.5 Å². The van der Waals surface area contributed by atoms with Crippen LogP contribution in [0.25, 0.3) is 16.7 Å². The number of pyridine rings is 1. The third kappa shape index (κ3) is 6.97. The summed E-state index contributed by atoms with van der Waals surface area (Å²) >= 11 is 2.41. The molecule has 7 rings (SSSR count). The van der Waals surface area contributed by atoms with Crippen molar-refractivity contribution in [1.82, 2.24) is 14.1 Å².